The Morgan fingerprint density at radius 3 is 2.63 bits per heavy atom. The molecule has 3 nitrogen and oxygen atoms in total. The number of hydrogen-bond donors (Lipinski definition) is 0. The standard InChI is InChI=1S/C12H20ClNO2S3/c1-9-7-12(18-11(9)8-13)19(15,16)14(3)10(2)5-6-17-4/h7,10H,5-6,8H2,1-4H3. The second kappa shape index (κ2) is 7.31. The van der Waals surface area contributed by atoms with Gasteiger partial charge in [0.15, 0.2) is 0 Å². The zero-order chi connectivity index (χ0) is 14.6. The van der Waals surface area contributed by atoms with E-state index in [1.165, 1.54) is 15.6 Å². The van der Waals surface area contributed by atoms with Crippen molar-refractivity contribution in [3.63, 3.8) is 0 Å². The van der Waals surface area contributed by atoms with Gasteiger partial charge in [0.1, 0.15) is 4.21 Å². The molecule has 0 spiro atoms. The van der Waals surface area contributed by atoms with E-state index in [1.54, 1.807) is 24.9 Å². The Kier molecular flexibility index (Phi) is 6.66. The van der Waals surface area contributed by atoms with E-state index in [4.69, 9.17) is 11.6 Å². The fraction of sp³-hybridized carbons (Fsp3) is 0.667. The molecular formula is C12H20ClNO2S3. The number of aryl methyl sites for hydroxylation is 1. The van der Waals surface area contributed by atoms with Crippen molar-refractivity contribution in [2.45, 2.75) is 36.4 Å². The van der Waals surface area contributed by atoms with Crippen LogP contribution in [0.25, 0.3) is 0 Å². The summed E-state index contributed by atoms with van der Waals surface area (Å²) in [6, 6.07) is 1.72. The Labute approximate surface area is 129 Å². The SMILES string of the molecule is CSCCC(C)N(C)S(=O)(=O)c1cc(C)c(CCl)s1. The number of nitrogens with zero attached hydrogens (tertiary/aromatic N) is 1. The molecule has 0 saturated heterocycles. The highest BCUT2D eigenvalue weighted by Gasteiger charge is 2.27. The summed E-state index contributed by atoms with van der Waals surface area (Å²) in [5, 5.41) is 0. The van der Waals surface area contributed by atoms with Crippen LogP contribution in [0.5, 0.6) is 0 Å². The number of alkyl halides is 1. The number of sulfonamides is 1. The van der Waals surface area contributed by atoms with Gasteiger partial charge in [-0.1, -0.05) is 0 Å². The monoisotopic (exact) mass is 341 g/mol. The molecule has 110 valence electrons. The van der Waals surface area contributed by atoms with Crippen LogP contribution in [0.1, 0.15) is 23.8 Å². The molecule has 0 aromatic carbocycles. The Hall–Kier alpha value is 0.250. The molecule has 1 aromatic heterocycles. The fourth-order valence-electron chi connectivity index (χ4n) is 1.60. The van der Waals surface area contributed by atoms with Gasteiger partial charge in [-0.15, -0.1) is 22.9 Å². The number of thiophene rings is 1. The molecule has 1 atom stereocenters. The largest absolute Gasteiger partial charge is 0.252 e. The molecule has 1 aromatic rings. The van der Waals surface area contributed by atoms with E-state index in [9.17, 15) is 8.42 Å². The molecule has 0 aliphatic rings. The fourth-order valence-corrected chi connectivity index (χ4v) is 5.57. The second-order valence-electron chi connectivity index (χ2n) is 4.46. The van der Waals surface area contributed by atoms with E-state index in [0.717, 1.165) is 22.6 Å². The van der Waals surface area contributed by atoms with Crippen molar-refractivity contribution in [2.75, 3.05) is 19.1 Å². The molecule has 0 N–H and O–H groups in total. The van der Waals surface area contributed by atoms with Crippen molar-refractivity contribution in [3.8, 4) is 0 Å². The van der Waals surface area contributed by atoms with Crippen LogP contribution in [0.4, 0.5) is 0 Å². The lowest BCUT2D eigenvalue weighted by Gasteiger charge is -2.23. The minimum absolute atomic E-state index is 0.000641. The molecule has 0 aliphatic heterocycles. The summed E-state index contributed by atoms with van der Waals surface area (Å²) in [5.41, 5.74) is 0.948. The van der Waals surface area contributed by atoms with Gasteiger partial charge in [-0.05, 0) is 43.9 Å². The highest BCUT2D eigenvalue weighted by atomic mass is 35.5. The molecule has 1 heterocycles. The lowest BCUT2D eigenvalue weighted by Crippen LogP contribution is -2.35. The van der Waals surface area contributed by atoms with Crippen molar-refractivity contribution in [1.29, 1.82) is 0 Å². The smallest absolute Gasteiger partial charge is 0.206 e. The summed E-state index contributed by atoms with van der Waals surface area (Å²) >= 11 is 8.80. The summed E-state index contributed by atoms with van der Waals surface area (Å²) in [7, 11) is -1.75. The summed E-state index contributed by atoms with van der Waals surface area (Å²) in [6.45, 7) is 3.83. The molecule has 1 unspecified atom stereocenters. The third-order valence-electron chi connectivity index (χ3n) is 3.11. The highest BCUT2D eigenvalue weighted by molar-refractivity contribution is 7.98. The van der Waals surface area contributed by atoms with Crippen molar-refractivity contribution in [2.24, 2.45) is 0 Å². The van der Waals surface area contributed by atoms with Gasteiger partial charge >= 0.3 is 0 Å². The van der Waals surface area contributed by atoms with Crippen molar-refractivity contribution in [1.82, 2.24) is 4.31 Å². The summed E-state index contributed by atoms with van der Waals surface area (Å²) in [6.07, 6.45) is 2.88. The first-order chi connectivity index (χ1) is 8.84. The number of rotatable bonds is 7. The Morgan fingerprint density at radius 1 is 1.53 bits per heavy atom. The maximum atomic E-state index is 12.5. The van der Waals surface area contributed by atoms with Crippen LogP contribution in [-0.4, -0.2) is 37.8 Å². The summed E-state index contributed by atoms with van der Waals surface area (Å²) < 4.78 is 26.9. The maximum absolute atomic E-state index is 12.5. The molecule has 0 aliphatic carbocycles. The molecule has 0 amide bonds. The minimum atomic E-state index is -3.40. The Balaban J connectivity index is 2.95. The summed E-state index contributed by atoms with van der Waals surface area (Å²) in [4.78, 5) is 0.922. The van der Waals surface area contributed by atoms with Gasteiger partial charge < -0.3 is 0 Å². The van der Waals surface area contributed by atoms with E-state index in [1.807, 2.05) is 20.1 Å². The molecule has 0 saturated carbocycles. The third kappa shape index (κ3) is 4.11. The average molecular weight is 342 g/mol. The van der Waals surface area contributed by atoms with Gasteiger partial charge in [0, 0.05) is 18.0 Å². The van der Waals surface area contributed by atoms with Crippen LogP contribution in [0.2, 0.25) is 0 Å². The van der Waals surface area contributed by atoms with Crippen LogP contribution >= 0.6 is 34.7 Å². The van der Waals surface area contributed by atoms with Crippen LogP contribution in [0, 0.1) is 6.92 Å². The van der Waals surface area contributed by atoms with Gasteiger partial charge in [-0.3, -0.25) is 0 Å². The van der Waals surface area contributed by atoms with E-state index in [-0.39, 0.29) is 6.04 Å². The van der Waals surface area contributed by atoms with Crippen LogP contribution < -0.4 is 0 Å². The normalized spacial score (nSPS) is 14.0. The number of halogens is 1. The van der Waals surface area contributed by atoms with Gasteiger partial charge in [0.25, 0.3) is 10.0 Å². The molecule has 0 bridgehead atoms. The topological polar surface area (TPSA) is 37.4 Å². The van der Waals surface area contributed by atoms with E-state index in [2.05, 4.69) is 0 Å². The van der Waals surface area contributed by atoms with Gasteiger partial charge in [0.05, 0.1) is 5.88 Å². The molecule has 1 rings (SSSR count). The quantitative estimate of drug-likeness (QED) is 0.712. The van der Waals surface area contributed by atoms with E-state index in [0.29, 0.717) is 10.1 Å². The first kappa shape index (κ1) is 17.3. The second-order valence-corrected chi connectivity index (χ2v) is 9.07. The molecule has 0 fully saturated rings. The van der Waals surface area contributed by atoms with Gasteiger partial charge in [-0.25, -0.2) is 8.42 Å². The molecular weight excluding hydrogens is 322 g/mol. The third-order valence-corrected chi connectivity index (χ3v) is 7.84. The first-order valence-electron chi connectivity index (χ1n) is 5.96. The van der Waals surface area contributed by atoms with E-state index < -0.39 is 10.0 Å². The van der Waals surface area contributed by atoms with Gasteiger partial charge in [0.2, 0.25) is 0 Å². The number of hydrogen-bond acceptors (Lipinski definition) is 4. The lowest BCUT2D eigenvalue weighted by molar-refractivity contribution is 0.383. The summed E-state index contributed by atoms with van der Waals surface area (Å²) in [5.74, 6) is 1.31. The van der Waals surface area contributed by atoms with Crippen molar-refractivity contribution in [3.05, 3.63) is 16.5 Å². The van der Waals surface area contributed by atoms with Crippen molar-refractivity contribution < 1.29 is 8.42 Å². The Bertz CT molecular complexity index is 513. The van der Waals surface area contributed by atoms with Crippen LogP contribution in [0.15, 0.2) is 10.3 Å². The molecule has 7 heteroatoms. The predicted molar refractivity (Wildman–Crippen MR) is 86.0 cm³/mol. The zero-order valence-electron chi connectivity index (χ0n) is 11.6. The van der Waals surface area contributed by atoms with Crippen LogP contribution in [0.3, 0.4) is 0 Å². The first-order valence-corrected chi connectivity index (χ1v) is 10.1. The predicted octanol–water partition coefficient (Wildman–Crippen LogP) is 3.56. The van der Waals surface area contributed by atoms with Crippen molar-refractivity contribution >= 4 is 44.7 Å². The van der Waals surface area contributed by atoms with Gasteiger partial charge in [-0.2, -0.15) is 16.1 Å². The number of thioether (sulfide) groups is 1. The Morgan fingerprint density at radius 2 is 2.16 bits per heavy atom. The minimum Gasteiger partial charge on any atom is -0.206 e. The molecule has 19 heavy (non-hydrogen) atoms. The zero-order valence-corrected chi connectivity index (χ0v) is 14.8. The lowest BCUT2D eigenvalue weighted by atomic mass is 10.3. The highest BCUT2D eigenvalue weighted by Crippen LogP contribution is 2.30. The maximum Gasteiger partial charge on any atom is 0.252 e. The van der Waals surface area contributed by atoms with E-state index >= 15 is 0 Å². The van der Waals surface area contributed by atoms with Crippen LogP contribution in [-0.2, 0) is 15.9 Å². The average Bonchev–Trinajstić information content (AvgIpc) is 2.76. The molecule has 0 radical (unpaired) electrons.